The van der Waals surface area contributed by atoms with Crippen LogP contribution in [0.4, 0.5) is 34.1 Å². The van der Waals surface area contributed by atoms with Crippen molar-refractivity contribution in [3.05, 3.63) is 283 Å². The lowest BCUT2D eigenvalue weighted by molar-refractivity contribution is 0.569. The molecule has 0 N–H and O–H groups in total. The third kappa shape index (κ3) is 10.9. The lowest BCUT2D eigenvalue weighted by atomic mass is 9.33. The highest BCUT2D eigenvalue weighted by molar-refractivity contribution is 7.00. The molecule has 17 rings (SSSR count). The second-order valence-electron chi connectivity index (χ2n) is 33.5. The van der Waals surface area contributed by atoms with E-state index >= 15 is 0 Å². The van der Waals surface area contributed by atoms with Crippen molar-refractivity contribution < 1.29 is 0 Å². The summed E-state index contributed by atoms with van der Waals surface area (Å²) in [5.74, 6) is 0. The lowest BCUT2D eigenvalue weighted by Crippen LogP contribution is -2.61. The molecule has 2 aliphatic heterocycles. The molecule has 506 valence electrons. The van der Waals surface area contributed by atoms with Crippen LogP contribution in [0.3, 0.4) is 0 Å². The molecule has 8 heterocycles. The third-order valence-electron chi connectivity index (χ3n) is 21.3. The van der Waals surface area contributed by atoms with E-state index in [0.717, 1.165) is 135 Å². The van der Waals surface area contributed by atoms with Crippen LogP contribution in [0.25, 0.3) is 100 Å². The molecule has 0 spiro atoms. The minimum Gasteiger partial charge on any atom is -0.310 e. The zero-order valence-corrected chi connectivity index (χ0v) is 61.9. The highest BCUT2D eigenvalue weighted by atomic mass is 15.2. The van der Waals surface area contributed by atoms with E-state index in [2.05, 4.69) is 378 Å². The molecule has 103 heavy (non-hydrogen) atoms. The normalized spacial score (nSPS) is 13.3. The number of hydrogen-bond acceptors (Lipinski definition) is 6. The molecule has 0 fully saturated rings. The van der Waals surface area contributed by atoms with Gasteiger partial charge >= 0.3 is 0 Å². The Morgan fingerprint density at radius 3 is 0.825 bits per heavy atom. The summed E-state index contributed by atoms with van der Waals surface area (Å²) < 4.78 is 4.95. The van der Waals surface area contributed by atoms with Crippen molar-refractivity contribution in [3.8, 4) is 56.4 Å². The third-order valence-corrected chi connectivity index (χ3v) is 21.3. The number of anilines is 6. The summed E-state index contributed by atoms with van der Waals surface area (Å²) in [5.41, 5.74) is 28.0. The first-order chi connectivity index (χ1) is 49.3. The van der Waals surface area contributed by atoms with E-state index < -0.39 is 0 Å². The SMILES string of the molecule is CC(C)(C)c1cc2c3c(c1)N(c1c(-c4cccc(C(C)(C)C)n4)cccc1-c1cccc(C(C)(C)C)n1)c1cc(-n4c5ccccc5c5ccccc54)ccc1B3c1ccc(-n3c4ccccc4c4ccccc43)cc1N2c1c(-c2cccc(C(C)(C)C)n2)cccc1-c1cccc(C(C)(C)C)n1. The molecule has 8 nitrogen and oxygen atoms in total. The fraction of sp³-hybridized carbons (Fsp3) is 0.213. The molecule has 0 atom stereocenters. The van der Waals surface area contributed by atoms with Crippen LogP contribution in [0.2, 0.25) is 0 Å². The molecular weight excluding hydrogens is 1250 g/mol. The Bertz CT molecular complexity index is 5340. The zero-order chi connectivity index (χ0) is 71.4. The van der Waals surface area contributed by atoms with Crippen LogP contribution in [0.15, 0.2) is 255 Å². The van der Waals surface area contributed by atoms with E-state index in [1.54, 1.807) is 0 Å². The van der Waals surface area contributed by atoms with Crippen LogP contribution in [-0.4, -0.2) is 35.8 Å². The zero-order valence-electron chi connectivity index (χ0n) is 61.9. The van der Waals surface area contributed by atoms with Gasteiger partial charge in [0.25, 0.3) is 6.71 Å². The second kappa shape index (κ2) is 23.7. The van der Waals surface area contributed by atoms with Gasteiger partial charge in [0.05, 0.1) is 56.2 Å². The van der Waals surface area contributed by atoms with Gasteiger partial charge in [0.1, 0.15) is 0 Å². The number of aromatic nitrogens is 6. The molecule has 0 saturated carbocycles. The topological polar surface area (TPSA) is 67.9 Å². The highest BCUT2D eigenvalue weighted by Gasteiger charge is 2.47. The Balaban J connectivity index is 1.06. The van der Waals surface area contributed by atoms with Crippen LogP contribution in [0.1, 0.15) is 132 Å². The summed E-state index contributed by atoms with van der Waals surface area (Å²) >= 11 is 0. The van der Waals surface area contributed by atoms with Crippen LogP contribution < -0.4 is 26.2 Å². The summed E-state index contributed by atoms with van der Waals surface area (Å²) in [5, 5.41) is 4.83. The van der Waals surface area contributed by atoms with Crippen molar-refractivity contribution in [1.82, 2.24) is 29.1 Å². The number of pyridine rings is 4. The van der Waals surface area contributed by atoms with E-state index in [1.807, 2.05) is 0 Å². The van der Waals surface area contributed by atoms with E-state index in [9.17, 15) is 0 Å². The van der Waals surface area contributed by atoms with Crippen molar-refractivity contribution in [3.63, 3.8) is 0 Å². The number of para-hydroxylation sites is 6. The molecule has 15 aromatic rings. The molecule has 0 unspecified atom stereocenters. The smallest absolute Gasteiger partial charge is 0.252 e. The fourth-order valence-electron chi connectivity index (χ4n) is 16.0. The van der Waals surface area contributed by atoms with Gasteiger partial charge < -0.3 is 18.9 Å². The van der Waals surface area contributed by atoms with E-state index in [-0.39, 0.29) is 33.8 Å². The van der Waals surface area contributed by atoms with Gasteiger partial charge in [0.2, 0.25) is 0 Å². The number of benzene rings is 9. The first-order valence-electron chi connectivity index (χ1n) is 36.5. The molecule has 0 bridgehead atoms. The maximum absolute atomic E-state index is 5.71. The van der Waals surface area contributed by atoms with Gasteiger partial charge in [-0.2, -0.15) is 0 Å². The summed E-state index contributed by atoms with van der Waals surface area (Å²) in [6, 6.07) is 95.1. The number of hydrogen-bond donors (Lipinski definition) is 0. The Hall–Kier alpha value is -11.2. The van der Waals surface area contributed by atoms with Gasteiger partial charge in [0.15, 0.2) is 0 Å². The minimum absolute atomic E-state index is 0.237. The average Bonchev–Trinajstić information content (AvgIpc) is 1.39. The van der Waals surface area contributed by atoms with Gasteiger partial charge in [-0.05, 0) is 137 Å². The van der Waals surface area contributed by atoms with Gasteiger partial charge in [-0.15, -0.1) is 0 Å². The Kier molecular flexibility index (Phi) is 15.0. The maximum Gasteiger partial charge on any atom is 0.252 e. The molecule has 0 saturated heterocycles. The summed E-state index contributed by atoms with van der Waals surface area (Å²) in [7, 11) is 0. The van der Waals surface area contributed by atoms with Crippen molar-refractivity contribution in [2.75, 3.05) is 9.80 Å². The lowest BCUT2D eigenvalue weighted by Gasteiger charge is -2.46. The summed E-state index contributed by atoms with van der Waals surface area (Å²) in [4.78, 5) is 28.1. The van der Waals surface area contributed by atoms with Gasteiger partial charge in [-0.1, -0.05) is 249 Å². The quantitative estimate of drug-likeness (QED) is 0.141. The Morgan fingerprint density at radius 1 is 0.262 bits per heavy atom. The van der Waals surface area contributed by atoms with Crippen LogP contribution in [0, 0.1) is 0 Å². The largest absolute Gasteiger partial charge is 0.310 e. The predicted octanol–water partition coefficient (Wildman–Crippen LogP) is 22.7. The summed E-state index contributed by atoms with van der Waals surface area (Å²) in [6.45, 7) is 33.9. The Morgan fingerprint density at radius 2 is 0.544 bits per heavy atom. The van der Waals surface area contributed by atoms with Crippen LogP contribution >= 0.6 is 0 Å². The van der Waals surface area contributed by atoms with Crippen molar-refractivity contribution in [2.24, 2.45) is 0 Å². The molecule has 0 amide bonds. The van der Waals surface area contributed by atoms with Gasteiger partial charge in [0, 0.05) is 122 Å². The first-order valence-corrected chi connectivity index (χ1v) is 36.5. The second-order valence-corrected chi connectivity index (χ2v) is 33.5. The molecule has 0 aliphatic carbocycles. The van der Waals surface area contributed by atoms with Crippen molar-refractivity contribution >= 4 is 101 Å². The average molecular weight is 1340 g/mol. The van der Waals surface area contributed by atoms with Crippen molar-refractivity contribution in [2.45, 2.75) is 131 Å². The Labute approximate surface area is 606 Å². The molecule has 9 heteroatoms. The van der Waals surface area contributed by atoms with Crippen LogP contribution in [0.5, 0.6) is 0 Å². The van der Waals surface area contributed by atoms with Gasteiger partial charge in [-0.3, -0.25) is 19.9 Å². The fourth-order valence-corrected chi connectivity index (χ4v) is 16.0. The number of nitrogens with zero attached hydrogens (tertiary/aromatic N) is 8. The molecule has 0 radical (unpaired) electrons. The van der Waals surface area contributed by atoms with E-state index in [1.165, 1.54) is 43.5 Å². The molecule has 2 aliphatic rings. The summed E-state index contributed by atoms with van der Waals surface area (Å²) in [6.07, 6.45) is 0. The maximum atomic E-state index is 5.71. The molecular formula is C94H87BN8. The predicted molar refractivity (Wildman–Crippen MR) is 436 cm³/mol. The van der Waals surface area contributed by atoms with Crippen molar-refractivity contribution in [1.29, 1.82) is 0 Å². The van der Waals surface area contributed by atoms with E-state index in [4.69, 9.17) is 19.9 Å². The van der Waals surface area contributed by atoms with Gasteiger partial charge in [-0.25, -0.2) is 0 Å². The van der Waals surface area contributed by atoms with Crippen LogP contribution in [-0.2, 0) is 27.1 Å². The monoisotopic (exact) mass is 1340 g/mol. The number of fused-ring (bicyclic) bond motifs is 10. The highest BCUT2D eigenvalue weighted by Crippen LogP contribution is 2.54. The standard InChI is InChI=1S/C94H87BN8/c1-90(2,3)58-54-81-87-82(55-58)103(89-67(73-40-28-48-85(98-73)93(10,11)12)36-25-37-68(89)74-41-29-49-86(99-74)94(13,14)15)80-57-60(101-77-44-22-18-32-63(77)64-33-19-23-45-78(64)101)51-53-70(80)95(87)69-52-50-59(100-75-42-20-16-30-61(75)62-31-17-21-43-76(62)100)56-79(69)102(81)88-65(71-38-26-46-83(96-71)91(4,5)6)34-24-35-66(88)72-39-27-47-84(97-72)92(7,8)9/h16-57H,1-15H3. The number of rotatable bonds is 8. The first kappa shape index (κ1) is 65.2. The molecule has 9 aromatic carbocycles. The minimum atomic E-state index is -0.379. The van der Waals surface area contributed by atoms with E-state index in [0.29, 0.717) is 0 Å². The molecule has 6 aromatic heterocycles.